The fraction of sp³-hybridized carbons (Fsp3) is 1.00. The van der Waals surface area contributed by atoms with Crippen LogP contribution in [0.5, 0.6) is 0 Å². The van der Waals surface area contributed by atoms with E-state index in [9.17, 15) is 0 Å². The van der Waals surface area contributed by atoms with Gasteiger partial charge >= 0.3 is 0 Å². The van der Waals surface area contributed by atoms with Gasteiger partial charge < -0.3 is 0 Å². The molecular formula is C10H19Cl. The summed E-state index contributed by atoms with van der Waals surface area (Å²) < 4.78 is 0. The second kappa shape index (κ2) is 4.35. The maximum atomic E-state index is 6.09. The van der Waals surface area contributed by atoms with Gasteiger partial charge in [0.15, 0.2) is 0 Å². The van der Waals surface area contributed by atoms with Crippen LogP contribution in [0.2, 0.25) is 0 Å². The SMILES string of the molecule is CC(C)C[C@@H]1CCCC(Cl)C1. The Morgan fingerprint density at radius 2 is 2.09 bits per heavy atom. The van der Waals surface area contributed by atoms with Gasteiger partial charge in [-0.15, -0.1) is 11.6 Å². The second-order valence-electron chi connectivity index (χ2n) is 4.26. The molecule has 1 fully saturated rings. The standard InChI is InChI=1S/C10H19Cl/c1-8(2)6-9-4-3-5-10(11)7-9/h8-10H,3-7H2,1-2H3/t9-,10?/m0/s1. The van der Waals surface area contributed by atoms with E-state index in [0.717, 1.165) is 11.8 Å². The van der Waals surface area contributed by atoms with Crippen LogP contribution in [0, 0.1) is 11.8 Å². The summed E-state index contributed by atoms with van der Waals surface area (Å²) in [6, 6.07) is 0. The normalized spacial score (nSPS) is 32.7. The van der Waals surface area contributed by atoms with Crippen molar-refractivity contribution in [3.8, 4) is 0 Å². The van der Waals surface area contributed by atoms with Gasteiger partial charge in [0.2, 0.25) is 0 Å². The topological polar surface area (TPSA) is 0 Å². The van der Waals surface area contributed by atoms with Crippen LogP contribution < -0.4 is 0 Å². The van der Waals surface area contributed by atoms with Crippen molar-refractivity contribution in [3.63, 3.8) is 0 Å². The molecule has 1 rings (SSSR count). The highest BCUT2D eigenvalue weighted by Crippen LogP contribution is 2.31. The van der Waals surface area contributed by atoms with Gasteiger partial charge in [0.25, 0.3) is 0 Å². The maximum Gasteiger partial charge on any atom is 0.0338 e. The number of halogens is 1. The zero-order valence-electron chi connectivity index (χ0n) is 7.65. The fourth-order valence-corrected chi connectivity index (χ4v) is 2.51. The number of hydrogen-bond donors (Lipinski definition) is 0. The van der Waals surface area contributed by atoms with Crippen LogP contribution in [0.15, 0.2) is 0 Å². The Morgan fingerprint density at radius 3 is 2.64 bits per heavy atom. The van der Waals surface area contributed by atoms with Crippen molar-refractivity contribution in [2.45, 2.75) is 51.3 Å². The molecule has 0 bridgehead atoms. The number of alkyl halides is 1. The third-order valence-corrected chi connectivity index (χ3v) is 2.92. The summed E-state index contributed by atoms with van der Waals surface area (Å²) in [5.74, 6) is 1.77. The Morgan fingerprint density at radius 1 is 1.36 bits per heavy atom. The lowest BCUT2D eigenvalue weighted by Gasteiger charge is -2.26. The van der Waals surface area contributed by atoms with Crippen molar-refractivity contribution >= 4 is 11.6 Å². The van der Waals surface area contributed by atoms with Crippen LogP contribution in [-0.4, -0.2) is 5.38 Å². The van der Waals surface area contributed by atoms with Gasteiger partial charge in [0.05, 0.1) is 0 Å². The zero-order valence-corrected chi connectivity index (χ0v) is 8.40. The third kappa shape index (κ3) is 3.46. The molecule has 1 saturated carbocycles. The average Bonchev–Trinajstić information content (AvgIpc) is 1.85. The molecule has 0 radical (unpaired) electrons. The molecular weight excluding hydrogens is 156 g/mol. The van der Waals surface area contributed by atoms with E-state index in [1.165, 1.54) is 32.1 Å². The largest absolute Gasteiger partial charge is 0.123 e. The van der Waals surface area contributed by atoms with E-state index in [1.807, 2.05) is 0 Å². The molecule has 11 heavy (non-hydrogen) atoms. The van der Waals surface area contributed by atoms with Gasteiger partial charge in [-0.05, 0) is 31.1 Å². The summed E-state index contributed by atoms with van der Waals surface area (Å²) in [5, 5.41) is 0.479. The minimum absolute atomic E-state index is 0.479. The smallest absolute Gasteiger partial charge is 0.0338 e. The molecule has 1 aliphatic carbocycles. The number of hydrogen-bond acceptors (Lipinski definition) is 0. The van der Waals surface area contributed by atoms with Crippen molar-refractivity contribution in [1.82, 2.24) is 0 Å². The summed E-state index contributed by atoms with van der Waals surface area (Å²) in [6.45, 7) is 4.61. The molecule has 0 aliphatic heterocycles. The summed E-state index contributed by atoms with van der Waals surface area (Å²) in [7, 11) is 0. The van der Waals surface area contributed by atoms with Gasteiger partial charge in [-0.3, -0.25) is 0 Å². The van der Waals surface area contributed by atoms with Gasteiger partial charge in [0, 0.05) is 5.38 Å². The van der Waals surface area contributed by atoms with Crippen molar-refractivity contribution < 1.29 is 0 Å². The van der Waals surface area contributed by atoms with Gasteiger partial charge in [0.1, 0.15) is 0 Å². The van der Waals surface area contributed by atoms with E-state index in [-0.39, 0.29) is 0 Å². The van der Waals surface area contributed by atoms with Crippen molar-refractivity contribution in [3.05, 3.63) is 0 Å². The average molecular weight is 175 g/mol. The molecule has 0 saturated heterocycles. The van der Waals surface area contributed by atoms with E-state index in [2.05, 4.69) is 13.8 Å². The fourth-order valence-electron chi connectivity index (χ4n) is 2.11. The van der Waals surface area contributed by atoms with Gasteiger partial charge in [-0.25, -0.2) is 0 Å². The summed E-state index contributed by atoms with van der Waals surface area (Å²) >= 11 is 6.09. The molecule has 0 amide bonds. The summed E-state index contributed by atoms with van der Waals surface area (Å²) in [5.41, 5.74) is 0. The van der Waals surface area contributed by atoms with Crippen molar-refractivity contribution in [2.24, 2.45) is 11.8 Å². The molecule has 1 aliphatic rings. The molecule has 0 aromatic carbocycles. The third-order valence-electron chi connectivity index (χ3n) is 2.52. The highest BCUT2D eigenvalue weighted by Gasteiger charge is 2.20. The predicted molar refractivity (Wildman–Crippen MR) is 51.1 cm³/mol. The first-order valence-corrected chi connectivity index (χ1v) is 5.26. The molecule has 1 heteroatoms. The van der Waals surface area contributed by atoms with E-state index in [0.29, 0.717) is 5.38 Å². The molecule has 66 valence electrons. The lowest BCUT2D eigenvalue weighted by Crippen LogP contribution is -2.16. The van der Waals surface area contributed by atoms with E-state index >= 15 is 0 Å². The molecule has 0 N–H and O–H groups in total. The lowest BCUT2D eigenvalue weighted by molar-refractivity contribution is 0.309. The maximum absolute atomic E-state index is 6.09. The number of rotatable bonds is 2. The second-order valence-corrected chi connectivity index (χ2v) is 4.88. The zero-order chi connectivity index (χ0) is 8.27. The summed E-state index contributed by atoms with van der Waals surface area (Å²) in [4.78, 5) is 0. The van der Waals surface area contributed by atoms with Crippen LogP contribution in [0.1, 0.15) is 46.0 Å². The van der Waals surface area contributed by atoms with Gasteiger partial charge in [-0.2, -0.15) is 0 Å². The minimum atomic E-state index is 0.479. The first-order chi connectivity index (χ1) is 5.18. The van der Waals surface area contributed by atoms with E-state index < -0.39 is 0 Å². The first-order valence-electron chi connectivity index (χ1n) is 4.82. The Balaban J connectivity index is 2.23. The quantitative estimate of drug-likeness (QED) is 0.559. The summed E-state index contributed by atoms with van der Waals surface area (Å²) in [6.07, 6.45) is 6.66. The van der Waals surface area contributed by atoms with Crippen molar-refractivity contribution in [2.75, 3.05) is 0 Å². The first kappa shape index (κ1) is 9.38. The highest BCUT2D eigenvalue weighted by atomic mass is 35.5. The molecule has 2 atom stereocenters. The van der Waals surface area contributed by atoms with Crippen molar-refractivity contribution in [1.29, 1.82) is 0 Å². The van der Waals surface area contributed by atoms with Crippen LogP contribution >= 0.6 is 11.6 Å². The molecule has 0 heterocycles. The van der Waals surface area contributed by atoms with Crippen LogP contribution in [0.25, 0.3) is 0 Å². The van der Waals surface area contributed by atoms with Crippen LogP contribution in [0.3, 0.4) is 0 Å². The monoisotopic (exact) mass is 174 g/mol. The Bertz CT molecular complexity index is 107. The molecule has 0 spiro atoms. The highest BCUT2D eigenvalue weighted by molar-refractivity contribution is 6.20. The Kier molecular flexibility index (Phi) is 3.71. The molecule has 1 unspecified atom stereocenters. The van der Waals surface area contributed by atoms with E-state index in [4.69, 9.17) is 11.6 Å². The van der Waals surface area contributed by atoms with Gasteiger partial charge in [-0.1, -0.05) is 26.7 Å². The molecule has 0 aromatic heterocycles. The minimum Gasteiger partial charge on any atom is -0.123 e. The van der Waals surface area contributed by atoms with Crippen LogP contribution in [-0.2, 0) is 0 Å². The molecule has 0 nitrogen and oxygen atoms in total. The Labute approximate surface area is 75.3 Å². The van der Waals surface area contributed by atoms with Crippen LogP contribution in [0.4, 0.5) is 0 Å². The predicted octanol–water partition coefficient (Wildman–Crippen LogP) is 3.83. The Hall–Kier alpha value is 0.290. The van der Waals surface area contributed by atoms with E-state index in [1.54, 1.807) is 0 Å². The molecule has 0 aromatic rings. The lowest BCUT2D eigenvalue weighted by atomic mass is 9.83.